The highest BCUT2D eigenvalue weighted by Gasteiger charge is 1.86. The van der Waals surface area contributed by atoms with Crippen molar-refractivity contribution in [2.24, 2.45) is 9.98 Å². The third kappa shape index (κ3) is 24.9. The molecule has 0 aromatic carbocycles. The normalized spacial score (nSPS) is 7.69. The van der Waals surface area contributed by atoms with E-state index in [1.54, 1.807) is 7.05 Å². The minimum absolute atomic E-state index is 0.829. The van der Waals surface area contributed by atoms with Gasteiger partial charge in [0.1, 0.15) is 0 Å². The van der Waals surface area contributed by atoms with Gasteiger partial charge in [0, 0.05) is 7.05 Å². The molecule has 0 aromatic heterocycles. The van der Waals surface area contributed by atoms with Crippen molar-refractivity contribution < 1.29 is 0 Å². The number of hydrogen-bond acceptors (Lipinski definition) is 5. The van der Waals surface area contributed by atoms with Crippen LogP contribution in [0.1, 0.15) is 6.42 Å². The van der Waals surface area contributed by atoms with Crippen LogP contribution in [-0.4, -0.2) is 51.1 Å². The van der Waals surface area contributed by atoms with E-state index in [9.17, 15) is 0 Å². The minimum atomic E-state index is 0.829. The molecular weight excluding hydrogens is 166 g/mol. The summed E-state index contributed by atoms with van der Waals surface area (Å²) in [6.45, 7) is 1.91. The van der Waals surface area contributed by atoms with Crippen molar-refractivity contribution in [2.75, 3.05) is 34.2 Å². The zero-order valence-electron chi connectivity index (χ0n) is 8.46. The smallest absolute Gasteiger partial charge is 0.0889 e. The maximum Gasteiger partial charge on any atom is 0.0889 e. The Bertz CT molecular complexity index is 185. The Morgan fingerprint density at radius 1 is 1.31 bits per heavy atom. The number of aliphatic imine (C=N–C) groups is 2. The first kappa shape index (κ1) is 14.3. The van der Waals surface area contributed by atoms with Gasteiger partial charge in [-0.1, -0.05) is 0 Å². The molecule has 2 N–H and O–H groups in total. The van der Waals surface area contributed by atoms with Crippen molar-refractivity contribution in [3.63, 3.8) is 0 Å². The summed E-state index contributed by atoms with van der Waals surface area (Å²) in [4.78, 5) is 9.68. The van der Waals surface area contributed by atoms with E-state index in [4.69, 9.17) is 10.8 Å². The quantitative estimate of drug-likeness (QED) is 0.496. The standard InChI is InChI=1S/C7H15N3.CH2N2/c1-8-7-9-5-4-6-10(2)3;2-1-3/h4-6H2,1-3H3;2-3H. The maximum atomic E-state index is 5.62. The molecule has 0 radical (unpaired) electrons. The van der Waals surface area contributed by atoms with E-state index in [0.717, 1.165) is 19.5 Å². The number of rotatable bonds is 4. The highest BCUT2D eigenvalue weighted by atomic mass is 15.0. The second kappa shape index (κ2) is 13.3. The van der Waals surface area contributed by atoms with Gasteiger partial charge < -0.3 is 4.90 Å². The summed E-state index contributed by atoms with van der Waals surface area (Å²) in [6, 6.07) is 3.80. The Morgan fingerprint density at radius 3 is 2.23 bits per heavy atom. The molecule has 74 valence electrons. The van der Waals surface area contributed by atoms with Gasteiger partial charge >= 0.3 is 0 Å². The van der Waals surface area contributed by atoms with E-state index in [1.165, 1.54) is 6.01 Å². The highest BCUT2D eigenvalue weighted by Crippen LogP contribution is 1.82. The first-order valence-electron chi connectivity index (χ1n) is 3.92. The van der Waals surface area contributed by atoms with Gasteiger partial charge in [-0.05, 0) is 27.1 Å². The Labute approximate surface area is 79.2 Å². The van der Waals surface area contributed by atoms with Crippen molar-refractivity contribution in [3.05, 3.63) is 0 Å². The third-order valence-corrected chi connectivity index (χ3v) is 1.05. The largest absolute Gasteiger partial charge is 0.309 e. The first-order valence-corrected chi connectivity index (χ1v) is 3.92. The average Bonchev–Trinajstić information content (AvgIpc) is 2.05. The van der Waals surface area contributed by atoms with E-state index < -0.39 is 0 Å². The summed E-state index contributed by atoms with van der Waals surface area (Å²) in [7, 11) is 5.78. The molecule has 0 heterocycles. The molecule has 0 unspecified atom stereocenters. The summed E-state index contributed by atoms with van der Waals surface area (Å²) < 4.78 is 0. The lowest BCUT2D eigenvalue weighted by atomic mass is 10.4. The van der Waals surface area contributed by atoms with Gasteiger partial charge in [-0.3, -0.25) is 0 Å². The Hall–Kier alpha value is -1.28. The van der Waals surface area contributed by atoms with Crippen molar-refractivity contribution >= 4 is 12.0 Å². The molecule has 0 fully saturated rings. The molecule has 0 saturated heterocycles. The second-order valence-electron chi connectivity index (χ2n) is 2.49. The van der Waals surface area contributed by atoms with E-state index >= 15 is 0 Å². The zero-order chi connectivity index (χ0) is 10.5. The molecule has 0 spiro atoms. The van der Waals surface area contributed by atoms with Gasteiger partial charge in [-0.15, -0.1) is 0 Å². The summed E-state index contributed by atoms with van der Waals surface area (Å²) >= 11 is 0. The minimum Gasteiger partial charge on any atom is -0.309 e. The summed E-state index contributed by atoms with van der Waals surface area (Å²) in [5.41, 5.74) is 0. The first-order chi connectivity index (χ1) is 6.18. The second-order valence-corrected chi connectivity index (χ2v) is 2.49. The van der Waals surface area contributed by atoms with Crippen molar-refractivity contribution in [1.29, 1.82) is 10.8 Å². The van der Waals surface area contributed by atoms with Crippen molar-refractivity contribution in [2.45, 2.75) is 6.42 Å². The molecule has 5 heteroatoms. The molecular formula is C8H17N5. The fraction of sp³-hybridized carbons (Fsp3) is 0.750. The van der Waals surface area contributed by atoms with E-state index in [0.29, 0.717) is 0 Å². The topological polar surface area (TPSA) is 75.7 Å². The van der Waals surface area contributed by atoms with Crippen molar-refractivity contribution in [1.82, 2.24) is 4.90 Å². The van der Waals surface area contributed by atoms with Crippen LogP contribution in [0.4, 0.5) is 0 Å². The van der Waals surface area contributed by atoms with Crippen LogP contribution in [0.15, 0.2) is 9.98 Å². The van der Waals surface area contributed by atoms with Gasteiger partial charge in [0.2, 0.25) is 0 Å². The van der Waals surface area contributed by atoms with Crippen LogP contribution >= 0.6 is 0 Å². The number of nitrogens with one attached hydrogen (secondary N) is 2. The summed E-state index contributed by atoms with van der Waals surface area (Å²) in [6.07, 6.45) is 1.08. The summed E-state index contributed by atoms with van der Waals surface area (Å²) in [5, 5.41) is 11.2. The Kier molecular flexibility index (Phi) is 14.6. The van der Waals surface area contributed by atoms with Crippen molar-refractivity contribution in [3.8, 4) is 0 Å². The predicted octanol–water partition coefficient (Wildman–Crippen LogP) is 1.06. The SMILES string of the molecule is CN=C=NCCCN(C)C.N=C=N. The molecule has 5 nitrogen and oxygen atoms in total. The van der Waals surface area contributed by atoms with E-state index in [2.05, 4.69) is 35.0 Å². The van der Waals surface area contributed by atoms with Gasteiger partial charge in [-0.25, -0.2) is 20.8 Å². The molecule has 0 saturated carbocycles. The number of hydrogen-bond donors (Lipinski definition) is 2. The fourth-order valence-electron chi connectivity index (χ4n) is 0.587. The molecule has 0 aromatic rings. The van der Waals surface area contributed by atoms with Gasteiger partial charge in [-0.2, -0.15) is 0 Å². The fourth-order valence-corrected chi connectivity index (χ4v) is 0.587. The maximum absolute atomic E-state index is 5.62. The van der Waals surface area contributed by atoms with Crippen LogP contribution in [0.25, 0.3) is 0 Å². The monoisotopic (exact) mass is 183 g/mol. The van der Waals surface area contributed by atoms with Crippen LogP contribution in [0.2, 0.25) is 0 Å². The Morgan fingerprint density at radius 2 is 1.85 bits per heavy atom. The number of nitrogens with zero attached hydrogens (tertiary/aromatic N) is 3. The molecule has 0 aliphatic heterocycles. The molecule has 0 aliphatic rings. The molecule has 0 aliphatic carbocycles. The van der Waals surface area contributed by atoms with E-state index in [1.807, 2.05) is 0 Å². The predicted molar refractivity (Wildman–Crippen MR) is 54.3 cm³/mol. The lowest BCUT2D eigenvalue weighted by Crippen LogP contribution is -2.13. The lowest BCUT2D eigenvalue weighted by molar-refractivity contribution is 0.403. The van der Waals surface area contributed by atoms with Gasteiger partial charge in [0.25, 0.3) is 0 Å². The zero-order valence-corrected chi connectivity index (χ0v) is 8.46. The van der Waals surface area contributed by atoms with Crippen LogP contribution in [0.5, 0.6) is 0 Å². The van der Waals surface area contributed by atoms with Crippen LogP contribution < -0.4 is 0 Å². The van der Waals surface area contributed by atoms with Gasteiger partial charge in [0.05, 0.1) is 18.6 Å². The average molecular weight is 183 g/mol. The molecule has 13 heavy (non-hydrogen) atoms. The van der Waals surface area contributed by atoms with Gasteiger partial charge in [0.15, 0.2) is 0 Å². The van der Waals surface area contributed by atoms with Crippen LogP contribution in [0, 0.1) is 10.8 Å². The highest BCUT2D eigenvalue weighted by molar-refractivity contribution is 5.40. The molecule has 0 rings (SSSR count). The van der Waals surface area contributed by atoms with Crippen LogP contribution in [-0.2, 0) is 0 Å². The molecule has 0 atom stereocenters. The lowest BCUT2D eigenvalue weighted by Gasteiger charge is -2.05. The Balaban J connectivity index is 0. The summed E-state index contributed by atoms with van der Waals surface area (Å²) in [5.74, 6) is 0. The molecule has 0 amide bonds. The third-order valence-electron chi connectivity index (χ3n) is 1.05. The van der Waals surface area contributed by atoms with E-state index in [-0.39, 0.29) is 0 Å². The molecule has 0 bridgehead atoms. The van der Waals surface area contributed by atoms with Crippen LogP contribution in [0.3, 0.4) is 0 Å².